The highest BCUT2D eigenvalue weighted by Gasteiger charge is 2.34. The standard InChI is InChI=1S/C26H23ClN4O3/c1-15-23(25(32)29-18-8-6-7-17(27)14-18)24(16-11-12-21(33-2)22(13-16)34-3)31-20-10-5-4-9-19(20)30-26(31)28-15/h4-14,24H,1-3H3,(H,28,30)(H,29,32)/t24-/m1/s1. The number of halogens is 1. The number of hydrogen-bond acceptors (Lipinski definition) is 5. The van der Waals surface area contributed by atoms with Crippen LogP contribution in [0.5, 0.6) is 11.5 Å². The van der Waals surface area contributed by atoms with Crippen molar-refractivity contribution >= 4 is 40.2 Å². The number of hydrogen-bond donors (Lipinski definition) is 2. The first-order valence-electron chi connectivity index (χ1n) is 10.7. The number of nitrogens with zero attached hydrogens (tertiary/aromatic N) is 2. The van der Waals surface area contributed by atoms with Crippen LogP contribution in [0.3, 0.4) is 0 Å². The summed E-state index contributed by atoms with van der Waals surface area (Å²) >= 11 is 6.13. The second kappa shape index (κ2) is 8.76. The van der Waals surface area contributed by atoms with Crippen LogP contribution in [0, 0.1) is 0 Å². The maximum atomic E-state index is 13.7. The number of anilines is 2. The second-order valence-corrected chi connectivity index (χ2v) is 8.38. The highest BCUT2D eigenvalue weighted by molar-refractivity contribution is 6.31. The molecule has 2 heterocycles. The van der Waals surface area contributed by atoms with Crippen molar-refractivity contribution in [2.45, 2.75) is 13.0 Å². The number of nitrogens with one attached hydrogen (secondary N) is 2. The molecule has 172 valence electrons. The van der Waals surface area contributed by atoms with E-state index < -0.39 is 6.04 Å². The van der Waals surface area contributed by atoms with Gasteiger partial charge in [-0.15, -0.1) is 0 Å². The van der Waals surface area contributed by atoms with Crippen molar-refractivity contribution in [3.05, 3.63) is 88.6 Å². The third kappa shape index (κ3) is 3.74. The molecule has 4 aromatic rings. The molecule has 3 aromatic carbocycles. The maximum Gasteiger partial charge on any atom is 0.255 e. The summed E-state index contributed by atoms with van der Waals surface area (Å²) in [5, 5.41) is 6.86. The smallest absolute Gasteiger partial charge is 0.255 e. The van der Waals surface area contributed by atoms with Gasteiger partial charge in [-0.25, -0.2) is 4.98 Å². The number of ether oxygens (including phenoxy) is 2. The number of para-hydroxylation sites is 2. The summed E-state index contributed by atoms with van der Waals surface area (Å²) < 4.78 is 13.0. The van der Waals surface area contributed by atoms with Gasteiger partial charge >= 0.3 is 0 Å². The molecular weight excluding hydrogens is 452 g/mol. The normalized spacial score (nSPS) is 15.0. The molecule has 0 saturated heterocycles. The summed E-state index contributed by atoms with van der Waals surface area (Å²) in [4.78, 5) is 18.4. The minimum atomic E-state index is -0.456. The van der Waals surface area contributed by atoms with E-state index in [1.165, 1.54) is 0 Å². The van der Waals surface area contributed by atoms with Gasteiger partial charge in [-0.3, -0.25) is 9.36 Å². The van der Waals surface area contributed by atoms with Crippen LogP contribution in [-0.4, -0.2) is 29.7 Å². The van der Waals surface area contributed by atoms with E-state index in [0.717, 1.165) is 16.6 Å². The number of methoxy groups -OCH3 is 2. The Kier molecular flexibility index (Phi) is 5.63. The van der Waals surface area contributed by atoms with Crippen molar-refractivity contribution in [3.63, 3.8) is 0 Å². The monoisotopic (exact) mass is 474 g/mol. The highest BCUT2D eigenvalue weighted by atomic mass is 35.5. The van der Waals surface area contributed by atoms with Crippen molar-refractivity contribution in [1.82, 2.24) is 9.55 Å². The molecule has 0 bridgehead atoms. The summed E-state index contributed by atoms with van der Waals surface area (Å²) in [7, 11) is 3.19. The molecule has 5 rings (SSSR count). The first-order chi connectivity index (χ1) is 16.5. The molecule has 1 aromatic heterocycles. The van der Waals surface area contributed by atoms with Gasteiger partial charge in [0, 0.05) is 16.4 Å². The number of imidazole rings is 1. The van der Waals surface area contributed by atoms with Gasteiger partial charge in [0.1, 0.15) is 0 Å². The Labute approximate surface area is 202 Å². The van der Waals surface area contributed by atoms with Gasteiger partial charge in [-0.2, -0.15) is 0 Å². The SMILES string of the molecule is COc1ccc([C@@H]2C(C(=O)Nc3cccc(Cl)c3)=C(C)Nc3nc4ccccc4n32)cc1OC. The molecule has 0 spiro atoms. The zero-order valence-electron chi connectivity index (χ0n) is 18.9. The van der Waals surface area contributed by atoms with Crippen LogP contribution in [0.15, 0.2) is 78.0 Å². The van der Waals surface area contributed by atoms with Crippen molar-refractivity contribution in [1.29, 1.82) is 0 Å². The topological polar surface area (TPSA) is 77.4 Å². The number of rotatable bonds is 5. The lowest BCUT2D eigenvalue weighted by atomic mass is 9.94. The largest absolute Gasteiger partial charge is 0.493 e. The summed E-state index contributed by atoms with van der Waals surface area (Å²) in [6.45, 7) is 1.88. The van der Waals surface area contributed by atoms with Crippen LogP contribution in [-0.2, 0) is 4.79 Å². The summed E-state index contributed by atoms with van der Waals surface area (Å²) in [5.74, 6) is 1.62. The maximum absolute atomic E-state index is 13.7. The fourth-order valence-electron chi connectivity index (χ4n) is 4.36. The quantitative estimate of drug-likeness (QED) is 0.391. The molecule has 1 aliphatic heterocycles. The fraction of sp³-hybridized carbons (Fsp3) is 0.154. The predicted octanol–water partition coefficient (Wildman–Crippen LogP) is 5.63. The molecule has 0 saturated carbocycles. The second-order valence-electron chi connectivity index (χ2n) is 7.94. The van der Waals surface area contributed by atoms with Crippen molar-refractivity contribution in [2.75, 3.05) is 24.9 Å². The molecule has 0 radical (unpaired) electrons. The molecule has 0 fully saturated rings. The summed E-state index contributed by atoms with van der Waals surface area (Å²) in [6.07, 6.45) is 0. The predicted molar refractivity (Wildman–Crippen MR) is 134 cm³/mol. The van der Waals surface area contributed by atoms with Crippen molar-refractivity contribution in [2.24, 2.45) is 0 Å². The molecule has 34 heavy (non-hydrogen) atoms. The zero-order chi connectivity index (χ0) is 23.8. The van der Waals surface area contributed by atoms with Crippen LogP contribution in [0.25, 0.3) is 11.0 Å². The Morgan fingerprint density at radius 3 is 2.59 bits per heavy atom. The van der Waals surface area contributed by atoms with Gasteiger partial charge in [0.05, 0.1) is 36.9 Å². The van der Waals surface area contributed by atoms with Crippen LogP contribution >= 0.6 is 11.6 Å². The Morgan fingerprint density at radius 1 is 1.03 bits per heavy atom. The molecule has 7 nitrogen and oxygen atoms in total. The van der Waals surface area contributed by atoms with Crippen molar-refractivity contribution in [3.8, 4) is 11.5 Å². The number of aromatic nitrogens is 2. The van der Waals surface area contributed by atoms with Crippen LogP contribution < -0.4 is 20.1 Å². The van der Waals surface area contributed by atoms with E-state index >= 15 is 0 Å². The molecule has 1 atom stereocenters. The zero-order valence-corrected chi connectivity index (χ0v) is 19.7. The van der Waals surface area contributed by atoms with Gasteiger partial charge in [0.25, 0.3) is 5.91 Å². The molecule has 1 aliphatic rings. The molecule has 8 heteroatoms. The van der Waals surface area contributed by atoms with Gasteiger partial charge in [0.2, 0.25) is 5.95 Å². The fourth-order valence-corrected chi connectivity index (χ4v) is 4.55. The summed E-state index contributed by atoms with van der Waals surface area (Å²) in [6, 6.07) is 20.2. The van der Waals surface area contributed by atoms with E-state index in [1.807, 2.05) is 54.0 Å². The van der Waals surface area contributed by atoms with E-state index in [0.29, 0.717) is 39.4 Å². The van der Waals surface area contributed by atoms with Gasteiger partial charge in [-0.05, 0) is 55.0 Å². The van der Waals surface area contributed by atoms with E-state index in [2.05, 4.69) is 10.6 Å². The summed E-state index contributed by atoms with van der Waals surface area (Å²) in [5.41, 5.74) is 4.49. The van der Waals surface area contributed by atoms with E-state index in [9.17, 15) is 4.79 Å². The average molecular weight is 475 g/mol. The lowest BCUT2D eigenvalue weighted by Crippen LogP contribution is -2.31. The number of fused-ring (bicyclic) bond motifs is 3. The first-order valence-corrected chi connectivity index (χ1v) is 11.1. The minimum absolute atomic E-state index is 0.240. The highest BCUT2D eigenvalue weighted by Crippen LogP contribution is 2.41. The molecule has 1 amide bonds. The average Bonchev–Trinajstić information content (AvgIpc) is 3.20. The number of carbonyl (C=O) groups is 1. The van der Waals surface area contributed by atoms with E-state index in [4.69, 9.17) is 26.1 Å². The molecule has 0 aliphatic carbocycles. The molecule has 0 unspecified atom stereocenters. The number of allylic oxidation sites excluding steroid dienone is 1. The van der Waals surface area contributed by atoms with Gasteiger partial charge in [-0.1, -0.05) is 35.9 Å². The third-order valence-electron chi connectivity index (χ3n) is 5.88. The van der Waals surface area contributed by atoms with Crippen LogP contribution in [0.4, 0.5) is 11.6 Å². The number of amides is 1. The Morgan fingerprint density at radius 2 is 1.82 bits per heavy atom. The van der Waals surface area contributed by atoms with Crippen LogP contribution in [0.1, 0.15) is 18.5 Å². The number of carbonyl (C=O) groups excluding carboxylic acids is 1. The van der Waals surface area contributed by atoms with Crippen molar-refractivity contribution < 1.29 is 14.3 Å². The number of benzene rings is 3. The van der Waals surface area contributed by atoms with Crippen LogP contribution in [0.2, 0.25) is 5.02 Å². The first kappa shape index (κ1) is 21.9. The van der Waals surface area contributed by atoms with E-state index in [1.54, 1.807) is 38.5 Å². The van der Waals surface area contributed by atoms with Gasteiger partial charge in [0.15, 0.2) is 11.5 Å². The third-order valence-corrected chi connectivity index (χ3v) is 6.12. The Bertz CT molecular complexity index is 1440. The molecular formula is C26H23ClN4O3. The Balaban J connectivity index is 1.68. The lowest BCUT2D eigenvalue weighted by molar-refractivity contribution is -0.113. The molecule has 2 N–H and O–H groups in total. The lowest BCUT2D eigenvalue weighted by Gasteiger charge is -2.31. The Hall–Kier alpha value is -3.97. The van der Waals surface area contributed by atoms with E-state index in [-0.39, 0.29) is 5.91 Å². The van der Waals surface area contributed by atoms with Gasteiger partial charge < -0.3 is 20.1 Å². The minimum Gasteiger partial charge on any atom is -0.493 e.